The van der Waals surface area contributed by atoms with E-state index >= 15 is 0 Å². The van der Waals surface area contributed by atoms with Crippen LogP contribution in [-0.4, -0.2) is 129 Å². The van der Waals surface area contributed by atoms with Crippen LogP contribution in [0.1, 0.15) is 31.7 Å². The molecule has 16 nitrogen and oxygen atoms in total. The molecule has 0 aromatic heterocycles. The highest BCUT2D eigenvalue weighted by Crippen LogP contribution is 2.32. The molecule has 2 aromatic rings. The van der Waals surface area contributed by atoms with Gasteiger partial charge >= 0.3 is 0 Å². The highest BCUT2D eigenvalue weighted by Gasteiger charge is 2.51. The summed E-state index contributed by atoms with van der Waals surface area (Å²) in [6.07, 6.45) is -13.0. The van der Waals surface area contributed by atoms with Crippen LogP contribution in [-0.2, 0) is 23.7 Å². The van der Waals surface area contributed by atoms with Crippen LogP contribution in [0.4, 0.5) is 17.1 Å². The van der Waals surface area contributed by atoms with E-state index in [0.29, 0.717) is 48.7 Å². The molecule has 4 rings (SSSR count). The van der Waals surface area contributed by atoms with Crippen molar-refractivity contribution in [1.82, 2.24) is 0 Å². The second-order valence-corrected chi connectivity index (χ2v) is 11.7. The smallest absolute Gasteiger partial charge is 0.221 e. The Labute approximate surface area is 277 Å². The van der Waals surface area contributed by atoms with Gasteiger partial charge in [0.15, 0.2) is 12.6 Å². The maximum Gasteiger partial charge on any atom is 0.221 e. The van der Waals surface area contributed by atoms with Gasteiger partial charge in [-0.25, -0.2) is 0 Å². The van der Waals surface area contributed by atoms with Crippen molar-refractivity contribution in [2.24, 2.45) is 10.2 Å². The molecule has 0 spiro atoms. The molecule has 16 heteroatoms. The van der Waals surface area contributed by atoms with Crippen molar-refractivity contribution in [2.75, 3.05) is 31.7 Å². The molecule has 48 heavy (non-hydrogen) atoms. The minimum atomic E-state index is -1.76. The average molecular weight is 680 g/mol. The number of hydrogen-bond acceptors (Lipinski definition) is 15. The molecule has 0 bridgehead atoms. The molecule has 2 saturated heterocycles. The first kappa shape index (κ1) is 37.7. The molecule has 8 N–H and O–H groups in total. The van der Waals surface area contributed by atoms with Crippen molar-refractivity contribution in [3.63, 3.8) is 0 Å². The highest BCUT2D eigenvalue weighted by molar-refractivity contribution is 5.88. The first-order chi connectivity index (χ1) is 23.0. The predicted molar refractivity (Wildman–Crippen MR) is 168 cm³/mol. The van der Waals surface area contributed by atoms with Crippen molar-refractivity contribution >= 4 is 23.0 Å². The second kappa shape index (κ2) is 18.0. The third-order valence-corrected chi connectivity index (χ3v) is 7.89. The lowest BCUT2D eigenvalue weighted by molar-refractivity contribution is -0.359. The second-order valence-electron chi connectivity index (χ2n) is 11.7. The molecule has 10 atom stereocenters. The van der Waals surface area contributed by atoms with Crippen molar-refractivity contribution in [1.29, 1.82) is 0 Å². The van der Waals surface area contributed by atoms with Crippen molar-refractivity contribution in [2.45, 2.75) is 94.5 Å². The molecule has 0 saturated carbocycles. The number of azo groups is 1. The average Bonchev–Trinajstić information content (AvgIpc) is 3.07. The van der Waals surface area contributed by atoms with Crippen LogP contribution in [0.15, 0.2) is 52.7 Å². The van der Waals surface area contributed by atoms with E-state index in [1.54, 1.807) is 24.3 Å². The van der Waals surface area contributed by atoms with Crippen molar-refractivity contribution < 1.29 is 64.2 Å². The van der Waals surface area contributed by atoms with Crippen LogP contribution < -0.4 is 10.1 Å². The van der Waals surface area contributed by atoms with Gasteiger partial charge in [-0.1, -0.05) is 6.07 Å². The number of anilines is 1. The molecular weight excluding hydrogens is 634 g/mol. The Morgan fingerprint density at radius 2 is 1.50 bits per heavy atom. The zero-order chi connectivity index (χ0) is 34.8. The van der Waals surface area contributed by atoms with Gasteiger partial charge in [-0.2, -0.15) is 5.11 Å². The topological polar surface area (TPSA) is 242 Å². The number of carbonyl (C=O) groups is 1. The minimum Gasteiger partial charge on any atom is -0.491 e. The summed E-state index contributed by atoms with van der Waals surface area (Å²) in [6.45, 7) is 2.51. The third kappa shape index (κ3) is 9.96. The van der Waals surface area contributed by atoms with E-state index in [1.807, 2.05) is 25.1 Å². The lowest BCUT2D eigenvalue weighted by Gasteiger charge is -2.46. The molecule has 2 fully saturated rings. The van der Waals surface area contributed by atoms with Crippen LogP contribution in [0.3, 0.4) is 0 Å². The number of nitrogens with zero attached hydrogens (tertiary/aromatic N) is 2. The predicted octanol–water partition coefficient (Wildman–Crippen LogP) is 0.559. The monoisotopic (exact) mass is 679 g/mol. The Kier molecular flexibility index (Phi) is 14.2. The number of unbranched alkanes of at least 4 members (excludes halogenated alkanes) is 2. The number of aryl methyl sites for hydroxylation is 1. The molecule has 0 radical (unpaired) electrons. The van der Waals surface area contributed by atoms with Gasteiger partial charge in [-0.3, -0.25) is 4.79 Å². The standard InChI is InChI=1S/C32H45N3O13/c1-17-6-11-22(21(14-17)35-34-20-9-7-19(8-10-20)33-18(2)38)44-12-4-3-5-13-45-30-26(40)25(39)23(15-36)47-32(30)48-29-24(16-37)46-31(43)28(42)27(29)41/h6-11,14,23-32,36-37,39-43H,3-5,12-13,15-16H2,1-2H3,(H,33,38)/t23-,24-,25+,26+,27-,28-,29-,30-,31?,32+/m1/s1. The van der Waals surface area contributed by atoms with Gasteiger partial charge < -0.3 is 64.7 Å². The summed E-state index contributed by atoms with van der Waals surface area (Å²) >= 11 is 0. The van der Waals surface area contributed by atoms with Crippen molar-refractivity contribution in [3.8, 4) is 5.75 Å². The van der Waals surface area contributed by atoms with Crippen LogP contribution in [0.25, 0.3) is 0 Å². The number of amides is 1. The third-order valence-electron chi connectivity index (χ3n) is 7.89. The number of aliphatic hydroxyl groups is 7. The van der Waals surface area contributed by atoms with Gasteiger partial charge in [-0.05, 0) is 68.1 Å². The number of rotatable bonds is 15. The number of carbonyl (C=O) groups excluding carboxylic acids is 1. The van der Waals surface area contributed by atoms with Gasteiger partial charge in [-0.15, -0.1) is 5.11 Å². The fourth-order valence-corrected chi connectivity index (χ4v) is 5.27. The first-order valence-corrected chi connectivity index (χ1v) is 15.7. The van der Waals surface area contributed by atoms with Crippen LogP contribution >= 0.6 is 0 Å². The van der Waals surface area contributed by atoms with Crippen LogP contribution in [0.5, 0.6) is 5.75 Å². The van der Waals surface area contributed by atoms with Gasteiger partial charge in [0.25, 0.3) is 0 Å². The summed E-state index contributed by atoms with van der Waals surface area (Å²) < 4.78 is 28.3. The van der Waals surface area contributed by atoms with Crippen molar-refractivity contribution in [3.05, 3.63) is 48.0 Å². The lowest BCUT2D eigenvalue weighted by atomic mass is 9.97. The van der Waals surface area contributed by atoms with E-state index in [0.717, 1.165) is 5.56 Å². The summed E-state index contributed by atoms with van der Waals surface area (Å²) in [6, 6.07) is 12.5. The van der Waals surface area contributed by atoms with Gasteiger partial charge in [0.1, 0.15) is 60.3 Å². The van der Waals surface area contributed by atoms with Crippen LogP contribution in [0.2, 0.25) is 0 Å². The zero-order valence-corrected chi connectivity index (χ0v) is 26.7. The Morgan fingerprint density at radius 3 is 2.19 bits per heavy atom. The molecule has 2 aliphatic heterocycles. The SMILES string of the molecule is CC(=O)Nc1ccc(N=Nc2cc(C)ccc2OCCCCCO[C@H]2[C@H](O[C@H]3[C@H](O)[C@@H](O)C(O)O[C@@H]3CO)O[C@H](CO)[C@H](O)[C@@H]2O)cc1. The Bertz CT molecular complexity index is 1330. The Morgan fingerprint density at radius 1 is 0.812 bits per heavy atom. The summed E-state index contributed by atoms with van der Waals surface area (Å²) in [5.41, 5.74) is 2.79. The Hall–Kier alpha value is -3.13. The number of benzene rings is 2. The largest absolute Gasteiger partial charge is 0.491 e. The number of hydrogen-bond donors (Lipinski definition) is 8. The molecule has 2 heterocycles. The molecule has 1 amide bonds. The maximum absolute atomic E-state index is 11.2. The van der Waals surface area contributed by atoms with Gasteiger partial charge in [0, 0.05) is 19.2 Å². The first-order valence-electron chi connectivity index (χ1n) is 15.7. The van der Waals surface area contributed by atoms with Crippen LogP contribution in [0, 0.1) is 6.92 Å². The summed E-state index contributed by atoms with van der Waals surface area (Å²) in [5.74, 6) is 0.388. The molecule has 0 aliphatic carbocycles. The van der Waals surface area contributed by atoms with E-state index in [1.165, 1.54) is 6.92 Å². The van der Waals surface area contributed by atoms with E-state index < -0.39 is 74.6 Å². The molecule has 266 valence electrons. The fraction of sp³-hybridized carbons (Fsp3) is 0.594. The van der Waals surface area contributed by atoms with E-state index in [9.17, 15) is 40.5 Å². The van der Waals surface area contributed by atoms with E-state index in [-0.39, 0.29) is 12.5 Å². The number of aliphatic hydroxyl groups excluding tert-OH is 7. The molecule has 1 unspecified atom stereocenters. The zero-order valence-electron chi connectivity index (χ0n) is 26.7. The maximum atomic E-state index is 11.2. The summed E-state index contributed by atoms with van der Waals surface area (Å²) in [7, 11) is 0. The molecule has 2 aromatic carbocycles. The normalized spacial score (nSPS) is 30.8. The lowest BCUT2D eigenvalue weighted by Crippen LogP contribution is -2.64. The Balaban J connectivity index is 1.28. The van der Waals surface area contributed by atoms with Gasteiger partial charge in [0.05, 0.1) is 25.5 Å². The summed E-state index contributed by atoms with van der Waals surface area (Å²) in [4.78, 5) is 11.2. The molecular formula is C32H45N3O13. The number of nitrogens with one attached hydrogen (secondary N) is 1. The van der Waals surface area contributed by atoms with E-state index in [4.69, 9.17) is 23.7 Å². The number of ether oxygens (including phenoxy) is 5. The minimum absolute atomic E-state index is 0.112. The van der Waals surface area contributed by atoms with Gasteiger partial charge in [0.2, 0.25) is 5.91 Å². The quantitative estimate of drug-likeness (QED) is 0.0949. The highest BCUT2D eigenvalue weighted by atomic mass is 16.7. The van der Waals surface area contributed by atoms with E-state index in [2.05, 4.69) is 15.5 Å². The fourth-order valence-electron chi connectivity index (χ4n) is 5.27. The molecule has 2 aliphatic rings. The summed E-state index contributed by atoms with van der Waals surface area (Å²) in [5, 5.41) is 82.1.